The maximum absolute atomic E-state index is 12.5. The van der Waals surface area contributed by atoms with Crippen LogP contribution in [0.1, 0.15) is 12.6 Å². The van der Waals surface area contributed by atoms with Gasteiger partial charge in [-0.3, -0.25) is 14.2 Å². The number of amides is 1. The number of H-pyrrole nitrogens is 1. The fourth-order valence-electron chi connectivity index (χ4n) is 2.03. The van der Waals surface area contributed by atoms with E-state index in [0.717, 1.165) is 11.3 Å². The minimum atomic E-state index is -0.522. The van der Waals surface area contributed by atoms with Crippen molar-refractivity contribution in [1.29, 1.82) is 5.26 Å². The molecule has 0 saturated carbocycles. The smallest absolute Gasteiger partial charge is 0.269 e. The number of thiazole rings is 1. The van der Waals surface area contributed by atoms with Gasteiger partial charge in [0, 0.05) is 20.2 Å². The third-order valence-electron chi connectivity index (χ3n) is 3.17. The molecule has 0 atom stereocenters. The minimum Gasteiger partial charge on any atom is -0.383 e. The Morgan fingerprint density at radius 1 is 1.62 bits per heavy atom. The van der Waals surface area contributed by atoms with E-state index in [1.54, 1.807) is 19.2 Å². The molecule has 1 amide bonds. The van der Waals surface area contributed by atoms with E-state index in [2.05, 4.69) is 15.3 Å². The molecule has 9 heteroatoms. The van der Waals surface area contributed by atoms with Gasteiger partial charge in [-0.1, -0.05) is 0 Å². The maximum Gasteiger partial charge on any atom is 0.269 e. The van der Waals surface area contributed by atoms with Crippen molar-refractivity contribution >= 4 is 28.9 Å². The molecule has 0 fully saturated rings. The molecule has 0 aliphatic rings. The van der Waals surface area contributed by atoms with Crippen LogP contribution in [0.2, 0.25) is 0 Å². The van der Waals surface area contributed by atoms with E-state index in [1.807, 2.05) is 6.07 Å². The molecule has 2 N–H and O–H groups in total. The monoisotopic (exact) mass is 347 g/mol. The van der Waals surface area contributed by atoms with Crippen LogP contribution in [-0.2, 0) is 16.1 Å². The predicted molar refractivity (Wildman–Crippen MR) is 89.6 cm³/mol. The molecule has 2 aromatic heterocycles. The number of hydrogen-bond acceptors (Lipinski definition) is 6. The van der Waals surface area contributed by atoms with Crippen molar-refractivity contribution in [3.05, 3.63) is 37.8 Å². The number of aromatic nitrogens is 3. The van der Waals surface area contributed by atoms with Gasteiger partial charge >= 0.3 is 0 Å². The van der Waals surface area contributed by atoms with Gasteiger partial charge in [0.2, 0.25) is 0 Å². The fraction of sp³-hybridized carbons (Fsp3) is 0.333. The van der Waals surface area contributed by atoms with Crippen LogP contribution in [0.25, 0.3) is 11.6 Å². The number of hydrogen-bond donors (Lipinski definition) is 2. The van der Waals surface area contributed by atoms with Gasteiger partial charge < -0.3 is 15.0 Å². The highest BCUT2D eigenvalue weighted by Gasteiger charge is 2.14. The second kappa shape index (κ2) is 8.24. The molecule has 0 spiro atoms. The summed E-state index contributed by atoms with van der Waals surface area (Å²) < 4.78 is 7.05. The van der Waals surface area contributed by atoms with Gasteiger partial charge in [-0.15, -0.1) is 11.3 Å². The Kier molecular flexibility index (Phi) is 6.06. The highest BCUT2D eigenvalue weighted by Crippen LogP contribution is 1.95. The average molecular weight is 347 g/mol. The van der Waals surface area contributed by atoms with Gasteiger partial charge in [0.15, 0.2) is 5.57 Å². The molecule has 0 radical (unpaired) electrons. The molecular formula is C15H17N5O3S. The lowest BCUT2D eigenvalue weighted by molar-refractivity contribution is -0.115. The normalized spacial score (nSPS) is 12.8. The summed E-state index contributed by atoms with van der Waals surface area (Å²) in [5.41, 5.74) is 0.343. The largest absolute Gasteiger partial charge is 0.383 e. The number of rotatable bonds is 6. The van der Waals surface area contributed by atoms with Gasteiger partial charge in [-0.25, -0.2) is 4.98 Å². The van der Waals surface area contributed by atoms with Crippen LogP contribution in [0.5, 0.6) is 0 Å². The van der Waals surface area contributed by atoms with Crippen LogP contribution >= 0.6 is 11.3 Å². The zero-order valence-electron chi connectivity index (χ0n) is 13.3. The van der Waals surface area contributed by atoms with Crippen LogP contribution in [0, 0.1) is 11.3 Å². The number of imidazole rings is 1. The summed E-state index contributed by atoms with van der Waals surface area (Å²) in [5, 5.41) is 12.0. The zero-order chi connectivity index (χ0) is 17.5. The molecule has 2 aromatic rings. The first kappa shape index (κ1) is 17.7. The van der Waals surface area contributed by atoms with Crippen LogP contribution in [0.4, 0.5) is 0 Å². The zero-order valence-corrected chi connectivity index (χ0v) is 14.1. The van der Waals surface area contributed by atoms with Crippen molar-refractivity contribution in [3.8, 4) is 6.07 Å². The highest BCUT2D eigenvalue weighted by atomic mass is 32.1. The summed E-state index contributed by atoms with van der Waals surface area (Å²) in [6.07, 6.45) is 4.74. The lowest BCUT2D eigenvalue weighted by Crippen LogP contribution is -2.35. The van der Waals surface area contributed by atoms with E-state index in [-0.39, 0.29) is 17.7 Å². The van der Waals surface area contributed by atoms with Crippen molar-refractivity contribution in [2.75, 3.05) is 20.3 Å². The summed E-state index contributed by atoms with van der Waals surface area (Å²) >= 11 is 1.10. The fourth-order valence-corrected chi connectivity index (χ4v) is 3.18. The van der Waals surface area contributed by atoms with Crippen molar-refractivity contribution in [2.45, 2.75) is 13.5 Å². The van der Waals surface area contributed by atoms with E-state index in [9.17, 15) is 14.9 Å². The SMILES string of the molecule is CCn1c(=C(C#N)C(=O)NCCOC)sc(=Cc2cnc[nH]2)c1=O. The van der Waals surface area contributed by atoms with Gasteiger partial charge in [0.25, 0.3) is 11.5 Å². The van der Waals surface area contributed by atoms with E-state index in [4.69, 9.17) is 4.74 Å². The number of carbonyl (C=O) groups excluding carboxylic acids is 1. The van der Waals surface area contributed by atoms with E-state index >= 15 is 0 Å². The molecule has 0 saturated heterocycles. The van der Waals surface area contributed by atoms with E-state index in [1.165, 1.54) is 18.0 Å². The molecule has 0 aliphatic carbocycles. The number of ether oxygens (including phenoxy) is 1. The molecule has 2 rings (SSSR count). The van der Waals surface area contributed by atoms with Crippen molar-refractivity contribution in [3.63, 3.8) is 0 Å². The Hall–Kier alpha value is -2.70. The first-order valence-electron chi connectivity index (χ1n) is 7.23. The molecule has 126 valence electrons. The number of carbonyl (C=O) groups is 1. The number of nitriles is 1. The first-order chi connectivity index (χ1) is 11.6. The topological polar surface area (TPSA) is 113 Å². The van der Waals surface area contributed by atoms with Crippen molar-refractivity contribution < 1.29 is 9.53 Å². The van der Waals surface area contributed by atoms with E-state index < -0.39 is 5.91 Å². The van der Waals surface area contributed by atoms with Gasteiger partial charge in [0.05, 0.1) is 29.4 Å². The Bertz CT molecular complexity index is 918. The van der Waals surface area contributed by atoms with Gasteiger partial charge in [-0.2, -0.15) is 5.26 Å². The summed E-state index contributed by atoms with van der Waals surface area (Å²) in [4.78, 5) is 31.5. The van der Waals surface area contributed by atoms with E-state index in [0.29, 0.717) is 28.0 Å². The van der Waals surface area contributed by atoms with Crippen molar-refractivity contribution in [1.82, 2.24) is 19.9 Å². The Balaban J connectivity index is 2.58. The first-order valence-corrected chi connectivity index (χ1v) is 8.05. The number of nitrogens with one attached hydrogen (secondary N) is 2. The molecule has 24 heavy (non-hydrogen) atoms. The minimum absolute atomic E-state index is 0.0840. The molecule has 0 unspecified atom stereocenters. The summed E-state index contributed by atoms with van der Waals surface area (Å²) in [5.74, 6) is -0.522. The summed E-state index contributed by atoms with van der Waals surface area (Å²) in [6, 6.07) is 1.90. The van der Waals surface area contributed by atoms with Gasteiger partial charge in [0.1, 0.15) is 10.7 Å². The maximum atomic E-state index is 12.5. The molecular weight excluding hydrogens is 330 g/mol. The Morgan fingerprint density at radius 3 is 3.00 bits per heavy atom. The van der Waals surface area contributed by atoms with Crippen LogP contribution in [0.3, 0.4) is 0 Å². The molecule has 8 nitrogen and oxygen atoms in total. The number of methoxy groups -OCH3 is 1. The van der Waals surface area contributed by atoms with Crippen LogP contribution < -0.4 is 20.1 Å². The molecule has 0 aromatic carbocycles. The lowest BCUT2D eigenvalue weighted by atomic mass is 10.3. The Morgan fingerprint density at radius 2 is 2.42 bits per heavy atom. The number of aromatic amines is 1. The molecule has 0 aliphatic heterocycles. The average Bonchev–Trinajstić information content (AvgIpc) is 3.18. The lowest BCUT2D eigenvalue weighted by Gasteiger charge is -2.03. The Labute approximate surface area is 141 Å². The molecule has 2 heterocycles. The van der Waals surface area contributed by atoms with Crippen LogP contribution in [0.15, 0.2) is 17.3 Å². The predicted octanol–water partition coefficient (Wildman–Crippen LogP) is -1.08. The number of nitrogens with zero attached hydrogens (tertiary/aromatic N) is 3. The molecule has 0 bridgehead atoms. The van der Waals surface area contributed by atoms with Gasteiger partial charge in [-0.05, 0) is 13.0 Å². The third-order valence-corrected chi connectivity index (χ3v) is 4.30. The summed E-state index contributed by atoms with van der Waals surface area (Å²) in [6.45, 7) is 2.77. The standard InChI is InChI=1S/C15H17N5O3S/c1-3-20-14(22)12(6-10-8-17-9-19-10)24-15(20)11(7-16)13(21)18-4-5-23-2/h6,8-9H,3-5H2,1-2H3,(H,17,19)(H,18,21). The highest BCUT2D eigenvalue weighted by molar-refractivity contribution is 7.07. The van der Waals surface area contributed by atoms with Crippen LogP contribution in [-0.4, -0.2) is 40.7 Å². The quantitative estimate of drug-likeness (QED) is 0.645. The second-order valence-electron chi connectivity index (χ2n) is 4.71. The summed E-state index contributed by atoms with van der Waals surface area (Å²) in [7, 11) is 1.52. The second-order valence-corrected chi connectivity index (χ2v) is 5.74. The van der Waals surface area contributed by atoms with Crippen molar-refractivity contribution in [2.24, 2.45) is 0 Å². The third kappa shape index (κ3) is 3.79.